The summed E-state index contributed by atoms with van der Waals surface area (Å²) in [4.78, 5) is 0. The Morgan fingerprint density at radius 3 is 3.00 bits per heavy atom. The smallest absolute Gasteiger partial charge is 0.0949 e. The van der Waals surface area contributed by atoms with Gasteiger partial charge in [0, 0.05) is 5.92 Å². The Kier molecular flexibility index (Phi) is 2.15. The van der Waals surface area contributed by atoms with E-state index in [1.807, 2.05) is 0 Å². The largest absolute Gasteiger partial charge is 0.498 e. The number of hydrogen-bond donors (Lipinski definition) is 0. The fourth-order valence-corrected chi connectivity index (χ4v) is 1.10. The van der Waals surface area contributed by atoms with Crippen LogP contribution in [0.25, 0.3) is 0 Å². The summed E-state index contributed by atoms with van der Waals surface area (Å²) >= 11 is 0. The van der Waals surface area contributed by atoms with Gasteiger partial charge in [-0.1, -0.05) is 13.8 Å². The van der Waals surface area contributed by atoms with Crippen LogP contribution >= 0.6 is 0 Å². The Hall–Kier alpha value is -0.460. The molecule has 1 heterocycles. The van der Waals surface area contributed by atoms with Crippen LogP contribution in [0.2, 0.25) is 0 Å². The summed E-state index contributed by atoms with van der Waals surface area (Å²) in [5.41, 5.74) is 0. The quantitative estimate of drug-likeness (QED) is 0.524. The minimum atomic E-state index is 0.671. The molecule has 1 unspecified atom stereocenters. The summed E-state index contributed by atoms with van der Waals surface area (Å²) in [7, 11) is 0. The Balaban J connectivity index is 2.48. The van der Waals surface area contributed by atoms with Crippen molar-refractivity contribution in [3.05, 3.63) is 11.8 Å². The molecule has 0 N–H and O–H groups in total. The molecule has 0 spiro atoms. The minimum absolute atomic E-state index is 0.671. The molecular weight excluding hydrogens is 112 g/mol. The molecule has 9 heavy (non-hydrogen) atoms. The Morgan fingerprint density at radius 1 is 1.78 bits per heavy atom. The van der Waals surface area contributed by atoms with Crippen molar-refractivity contribution in [1.82, 2.24) is 0 Å². The van der Waals surface area contributed by atoms with E-state index >= 15 is 0 Å². The van der Waals surface area contributed by atoms with Gasteiger partial charge >= 0.3 is 0 Å². The molecule has 0 bridgehead atoms. The van der Waals surface area contributed by atoms with Crippen LogP contribution in [0.5, 0.6) is 0 Å². The Morgan fingerprint density at radius 2 is 2.56 bits per heavy atom. The van der Waals surface area contributed by atoms with Gasteiger partial charge in [0.25, 0.3) is 0 Å². The highest BCUT2D eigenvalue weighted by Crippen LogP contribution is 2.23. The molecule has 1 rings (SSSR count). The van der Waals surface area contributed by atoms with Crippen LogP contribution in [0.4, 0.5) is 0 Å². The summed E-state index contributed by atoms with van der Waals surface area (Å²) in [6.45, 7) is 5.28. The van der Waals surface area contributed by atoms with Gasteiger partial charge in [0.15, 0.2) is 0 Å². The van der Waals surface area contributed by atoms with E-state index < -0.39 is 0 Å². The molecule has 1 nitrogen and oxygen atoms in total. The Bertz CT molecular complexity index is 116. The SMILES string of the molecule is CCC=C1OCCC1C. The van der Waals surface area contributed by atoms with Gasteiger partial charge in [-0.2, -0.15) is 0 Å². The van der Waals surface area contributed by atoms with Crippen LogP contribution in [0.1, 0.15) is 26.7 Å². The summed E-state index contributed by atoms with van der Waals surface area (Å²) < 4.78 is 5.37. The summed E-state index contributed by atoms with van der Waals surface area (Å²) in [5.74, 6) is 1.88. The van der Waals surface area contributed by atoms with Crippen molar-refractivity contribution in [2.45, 2.75) is 26.7 Å². The molecule has 1 atom stereocenters. The average molecular weight is 126 g/mol. The average Bonchev–Trinajstić information content (AvgIpc) is 2.18. The molecule has 0 amide bonds. The fraction of sp³-hybridized carbons (Fsp3) is 0.750. The van der Waals surface area contributed by atoms with E-state index in [0.717, 1.165) is 13.0 Å². The van der Waals surface area contributed by atoms with E-state index in [1.165, 1.54) is 12.2 Å². The zero-order chi connectivity index (χ0) is 6.69. The van der Waals surface area contributed by atoms with Crippen LogP contribution in [0.3, 0.4) is 0 Å². The number of ether oxygens (including phenoxy) is 1. The lowest BCUT2D eigenvalue weighted by atomic mass is 10.1. The first-order valence-corrected chi connectivity index (χ1v) is 3.67. The van der Waals surface area contributed by atoms with Gasteiger partial charge < -0.3 is 4.74 Å². The fourth-order valence-electron chi connectivity index (χ4n) is 1.10. The van der Waals surface area contributed by atoms with E-state index in [2.05, 4.69) is 19.9 Å². The highest BCUT2D eigenvalue weighted by Gasteiger charge is 2.15. The lowest BCUT2D eigenvalue weighted by molar-refractivity contribution is 0.258. The van der Waals surface area contributed by atoms with Crippen LogP contribution in [0.15, 0.2) is 11.8 Å². The molecule has 1 saturated heterocycles. The normalized spacial score (nSPS) is 30.9. The van der Waals surface area contributed by atoms with Crippen LogP contribution in [-0.2, 0) is 4.74 Å². The third kappa shape index (κ3) is 1.47. The van der Waals surface area contributed by atoms with Crippen molar-refractivity contribution in [3.8, 4) is 0 Å². The second-order valence-electron chi connectivity index (χ2n) is 2.55. The van der Waals surface area contributed by atoms with Crippen molar-refractivity contribution in [3.63, 3.8) is 0 Å². The van der Waals surface area contributed by atoms with Gasteiger partial charge in [-0.25, -0.2) is 0 Å². The first-order chi connectivity index (χ1) is 4.34. The first kappa shape index (κ1) is 6.66. The summed E-state index contributed by atoms with van der Waals surface area (Å²) in [6, 6.07) is 0. The van der Waals surface area contributed by atoms with Gasteiger partial charge in [-0.15, -0.1) is 0 Å². The predicted molar refractivity (Wildman–Crippen MR) is 38.1 cm³/mol. The van der Waals surface area contributed by atoms with Gasteiger partial charge in [0.1, 0.15) is 0 Å². The maximum atomic E-state index is 5.37. The van der Waals surface area contributed by atoms with E-state index in [4.69, 9.17) is 4.74 Å². The molecular formula is C8H14O. The second-order valence-corrected chi connectivity index (χ2v) is 2.55. The molecule has 0 aromatic heterocycles. The van der Waals surface area contributed by atoms with Crippen molar-refractivity contribution in [1.29, 1.82) is 0 Å². The molecule has 0 aliphatic carbocycles. The predicted octanol–water partition coefficient (Wildman–Crippen LogP) is 2.34. The molecule has 0 aromatic carbocycles. The Labute approximate surface area is 56.7 Å². The number of hydrogen-bond acceptors (Lipinski definition) is 1. The first-order valence-electron chi connectivity index (χ1n) is 3.67. The molecule has 0 aromatic rings. The molecule has 1 aliphatic heterocycles. The third-order valence-electron chi connectivity index (χ3n) is 1.71. The van der Waals surface area contributed by atoms with Crippen LogP contribution in [0, 0.1) is 5.92 Å². The maximum absolute atomic E-state index is 5.37. The minimum Gasteiger partial charge on any atom is -0.498 e. The second kappa shape index (κ2) is 2.90. The third-order valence-corrected chi connectivity index (χ3v) is 1.71. The monoisotopic (exact) mass is 126 g/mol. The van der Waals surface area contributed by atoms with Crippen molar-refractivity contribution in [2.75, 3.05) is 6.61 Å². The van der Waals surface area contributed by atoms with Gasteiger partial charge in [-0.05, 0) is 18.9 Å². The number of allylic oxidation sites excluding steroid dienone is 2. The van der Waals surface area contributed by atoms with Crippen LogP contribution < -0.4 is 0 Å². The highest BCUT2D eigenvalue weighted by atomic mass is 16.5. The molecule has 0 saturated carbocycles. The lowest BCUT2D eigenvalue weighted by Gasteiger charge is -2.00. The molecule has 1 aliphatic rings. The standard InChI is InChI=1S/C8H14O/c1-3-4-8-7(2)5-6-9-8/h4,7H,3,5-6H2,1-2H3. The molecule has 0 radical (unpaired) electrons. The maximum Gasteiger partial charge on any atom is 0.0949 e. The van der Waals surface area contributed by atoms with Gasteiger partial charge in [0.05, 0.1) is 12.4 Å². The van der Waals surface area contributed by atoms with E-state index in [9.17, 15) is 0 Å². The van der Waals surface area contributed by atoms with E-state index in [0.29, 0.717) is 5.92 Å². The molecule has 1 fully saturated rings. The van der Waals surface area contributed by atoms with Crippen molar-refractivity contribution in [2.24, 2.45) is 5.92 Å². The zero-order valence-electron chi connectivity index (χ0n) is 6.18. The van der Waals surface area contributed by atoms with E-state index in [-0.39, 0.29) is 0 Å². The molecule has 1 heteroatoms. The lowest BCUT2D eigenvalue weighted by Crippen LogP contribution is -1.88. The van der Waals surface area contributed by atoms with Gasteiger partial charge in [0.2, 0.25) is 0 Å². The van der Waals surface area contributed by atoms with Crippen LogP contribution in [-0.4, -0.2) is 6.61 Å². The van der Waals surface area contributed by atoms with Crippen molar-refractivity contribution < 1.29 is 4.74 Å². The topological polar surface area (TPSA) is 9.23 Å². The summed E-state index contributed by atoms with van der Waals surface area (Å²) in [5, 5.41) is 0. The number of rotatable bonds is 1. The van der Waals surface area contributed by atoms with Crippen molar-refractivity contribution >= 4 is 0 Å². The van der Waals surface area contributed by atoms with Gasteiger partial charge in [-0.3, -0.25) is 0 Å². The zero-order valence-corrected chi connectivity index (χ0v) is 6.18. The highest BCUT2D eigenvalue weighted by molar-refractivity contribution is 5.00. The van der Waals surface area contributed by atoms with E-state index in [1.54, 1.807) is 0 Å². The summed E-state index contributed by atoms with van der Waals surface area (Å²) in [6.07, 6.45) is 4.48. The molecule has 52 valence electrons.